The molecule has 0 spiro atoms. The van der Waals surface area contributed by atoms with E-state index in [9.17, 15) is 4.79 Å². The largest absolute Gasteiger partial charge is 0.374 e. The number of likely N-dealkylation sites (tertiary alicyclic amines) is 1. The number of morpholine rings is 1. The maximum atomic E-state index is 12.9. The molecule has 1 saturated carbocycles. The summed E-state index contributed by atoms with van der Waals surface area (Å²) in [5.74, 6) is 1.89. The predicted molar refractivity (Wildman–Crippen MR) is 91.2 cm³/mol. The van der Waals surface area contributed by atoms with E-state index in [-0.39, 0.29) is 24.0 Å². The van der Waals surface area contributed by atoms with Gasteiger partial charge in [0.15, 0.2) is 5.82 Å². The average molecular weight is 348 g/mol. The van der Waals surface area contributed by atoms with Crippen LogP contribution in [0, 0.1) is 6.92 Å². The lowest BCUT2D eigenvalue weighted by Crippen LogP contribution is -2.57. The molecule has 1 aliphatic carbocycles. The maximum absolute atomic E-state index is 12.9. The number of aromatic nitrogens is 2. The number of aryl methyl sites for hydroxylation is 1. The predicted octanol–water partition coefficient (Wildman–Crippen LogP) is 1.73. The number of carbonyl (C=O) groups is 1. The number of piperidine rings is 1. The van der Waals surface area contributed by atoms with Crippen LogP contribution in [0.25, 0.3) is 0 Å². The molecule has 1 amide bonds. The summed E-state index contributed by atoms with van der Waals surface area (Å²) >= 11 is 0. The molecular weight excluding hydrogens is 320 g/mol. The second-order valence-electron chi connectivity index (χ2n) is 7.60. The fraction of sp³-hybridized carbons (Fsp3) is 0.833. The number of nitrogens with zero attached hydrogens (tertiary/aromatic N) is 4. The fourth-order valence-corrected chi connectivity index (χ4v) is 4.57. The van der Waals surface area contributed by atoms with E-state index < -0.39 is 0 Å². The highest BCUT2D eigenvalue weighted by Crippen LogP contribution is 2.29. The lowest BCUT2D eigenvalue weighted by atomic mass is 9.90. The molecule has 138 valence electrons. The molecule has 0 radical (unpaired) electrons. The molecule has 3 heterocycles. The highest BCUT2D eigenvalue weighted by molar-refractivity contribution is 5.78. The van der Waals surface area contributed by atoms with Crippen LogP contribution >= 0.6 is 0 Å². The SMILES string of the molecule is Cc1noc([C@@H]2CCCN(CC(=O)N3CCO[C@@H]4CCCC[C@@H]43)C2)n1. The number of hydrogen-bond donors (Lipinski definition) is 0. The zero-order chi connectivity index (χ0) is 17.2. The van der Waals surface area contributed by atoms with Crippen LogP contribution < -0.4 is 0 Å². The topological polar surface area (TPSA) is 71.7 Å². The quantitative estimate of drug-likeness (QED) is 0.828. The smallest absolute Gasteiger partial charge is 0.237 e. The van der Waals surface area contributed by atoms with Crippen LogP contribution in [0.15, 0.2) is 4.52 Å². The van der Waals surface area contributed by atoms with E-state index in [1.54, 1.807) is 0 Å². The van der Waals surface area contributed by atoms with Crippen molar-refractivity contribution in [3.8, 4) is 0 Å². The van der Waals surface area contributed by atoms with Gasteiger partial charge in [0.25, 0.3) is 0 Å². The normalized spacial score (nSPS) is 30.9. The molecule has 0 bridgehead atoms. The van der Waals surface area contributed by atoms with Gasteiger partial charge in [0.1, 0.15) is 0 Å². The van der Waals surface area contributed by atoms with Crippen molar-refractivity contribution >= 4 is 5.91 Å². The van der Waals surface area contributed by atoms with Crippen molar-refractivity contribution in [1.82, 2.24) is 19.9 Å². The summed E-state index contributed by atoms with van der Waals surface area (Å²) in [6.07, 6.45) is 6.97. The lowest BCUT2D eigenvalue weighted by Gasteiger charge is -2.44. The molecule has 0 unspecified atom stereocenters. The first-order valence-corrected chi connectivity index (χ1v) is 9.64. The summed E-state index contributed by atoms with van der Waals surface area (Å²) in [7, 11) is 0. The van der Waals surface area contributed by atoms with E-state index in [1.807, 2.05) is 6.92 Å². The molecule has 7 heteroatoms. The molecule has 3 atom stereocenters. The summed E-state index contributed by atoms with van der Waals surface area (Å²) < 4.78 is 11.2. The van der Waals surface area contributed by atoms with Crippen molar-refractivity contribution in [2.24, 2.45) is 0 Å². The van der Waals surface area contributed by atoms with Crippen molar-refractivity contribution in [1.29, 1.82) is 0 Å². The molecule has 2 saturated heterocycles. The van der Waals surface area contributed by atoms with Crippen LogP contribution in [0.2, 0.25) is 0 Å². The van der Waals surface area contributed by atoms with Crippen LogP contribution in [0.4, 0.5) is 0 Å². The Bertz CT molecular complexity index is 603. The first kappa shape index (κ1) is 17.0. The van der Waals surface area contributed by atoms with Crippen LogP contribution in [0.3, 0.4) is 0 Å². The zero-order valence-corrected chi connectivity index (χ0v) is 15.0. The number of carbonyl (C=O) groups excluding carboxylic acids is 1. The summed E-state index contributed by atoms with van der Waals surface area (Å²) in [4.78, 5) is 21.7. The standard InChI is InChI=1S/C18H28N4O3/c1-13-19-18(25-20-13)14-5-4-8-21(11-14)12-17(23)22-9-10-24-16-7-3-2-6-15(16)22/h14-16H,2-12H2,1H3/t14-,15+,16-/m1/s1. The molecule has 3 aliphatic rings. The molecular formula is C18H28N4O3. The van der Waals surface area contributed by atoms with Gasteiger partial charge in [-0.2, -0.15) is 4.98 Å². The van der Waals surface area contributed by atoms with E-state index in [0.29, 0.717) is 24.9 Å². The highest BCUT2D eigenvalue weighted by atomic mass is 16.5. The molecule has 25 heavy (non-hydrogen) atoms. The van der Waals surface area contributed by atoms with E-state index in [1.165, 1.54) is 12.8 Å². The van der Waals surface area contributed by atoms with Crippen LogP contribution in [0.1, 0.15) is 56.2 Å². The van der Waals surface area contributed by atoms with Crippen molar-refractivity contribution in [2.45, 2.75) is 63.5 Å². The Kier molecular flexibility index (Phi) is 5.03. The number of fused-ring (bicyclic) bond motifs is 1. The van der Waals surface area contributed by atoms with Gasteiger partial charge in [-0.3, -0.25) is 9.69 Å². The van der Waals surface area contributed by atoms with E-state index in [2.05, 4.69) is 19.9 Å². The van der Waals surface area contributed by atoms with E-state index >= 15 is 0 Å². The van der Waals surface area contributed by atoms with Gasteiger partial charge in [0.2, 0.25) is 11.8 Å². The Morgan fingerprint density at radius 3 is 2.92 bits per heavy atom. The fourth-order valence-electron chi connectivity index (χ4n) is 4.57. The molecule has 1 aromatic heterocycles. The minimum atomic E-state index is 0.245. The first-order chi connectivity index (χ1) is 12.2. The van der Waals surface area contributed by atoms with Gasteiger partial charge < -0.3 is 14.2 Å². The summed E-state index contributed by atoms with van der Waals surface area (Å²) in [5, 5.41) is 3.90. The Morgan fingerprint density at radius 2 is 2.08 bits per heavy atom. The van der Waals surface area contributed by atoms with Gasteiger partial charge in [0, 0.05) is 13.1 Å². The van der Waals surface area contributed by atoms with Gasteiger partial charge in [-0.05, 0) is 39.2 Å². The second-order valence-corrected chi connectivity index (χ2v) is 7.60. The Balaban J connectivity index is 1.36. The minimum Gasteiger partial charge on any atom is -0.374 e. The highest BCUT2D eigenvalue weighted by Gasteiger charge is 2.37. The number of rotatable bonds is 3. The Labute approximate surface area is 148 Å². The Hall–Kier alpha value is -1.47. The minimum absolute atomic E-state index is 0.245. The van der Waals surface area contributed by atoms with Crippen molar-refractivity contribution in [3.63, 3.8) is 0 Å². The molecule has 2 aliphatic heterocycles. The zero-order valence-electron chi connectivity index (χ0n) is 15.0. The lowest BCUT2D eigenvalue weighted by molar-refractivity contribution is -0.150. The number of ether oxygens (including phenoxy) is 1. The molecule has 0 N–H and O–H groups in total. The van der Waals surface area contributed by atoms with Crippen LogP contribution in [0.5, 0.6) is 0 Å². The average Bonchev–Trinajstić information content (AvgIpc) is 3.08. The molecule has 7 nitrogen and oxygen atoms in total. The van der Waals surface area contributed by atoms with Crippen LogP contribution in [-0.2, 0) is 9.53 Å². The Morgan fingerprint density at radius 1 is 1.20 bits per heavy atom. The van der Waals surface area contributed by atoms with Crippen molar-refractivity contribution in [2.75, 3.05) is 32.8 Å². The molecule has 0 aromatic carbocycles. The maximum Gasteiger partial charge on any atom is 0.237 e. The third-order valence-electron chi connectivity index (χ3n) is 5.81. The summed E-state index contributed by atoms with van der Waals surface area (Å²) in [5.41, 5.74) is 0. The molecule has 4 rings (SSSR count). The summed E-state index contributed by atoms with van der Waals surface area (Å²) in [6.45, 7) is 5.54. The van der Waals surface area contributed by atoms with Crippen LogP contribution in [-0.4, -0.2) is 70.8 Å². The van der Waals surface area contributed by atoms with Gasteiger partial charge in [-0.1, -0.05) is 18.0 Å². The van der Waals surface area contributed by atoms with Crippen molar-refractivity contribution < 1.29 is 14.1 Å². The van der Waals surface area contributed by atoms with Gasteiger partial charge in [-0.15, -0.1) is 0 Å². The number of hydrogen-bond acceptors (Lipinski definition) is 6. The third-order valence-corrected chi connectivity index (χ3v) is 5.81. The van der Waals surface area contributed by atoms with Crippen molar-refractivity contribution in [3.05, 3.63) is 11.7 Å². The third kappa shape index (κ3) is 3.72. The molecule has 3 fully saturated rings. The van der Waals surface area contributed by atoms with E-state index in [4.69, 9.17) is 9.26 Å². The van der Waals surface area contributed by atoms with Gasteiger partial charge in [0.05, 0.1) is 31.2 Å². The molecule has 1 aromatic rings. The van der Waals surface area contributed by atoms with E-state index in [0.717, 1.165) is 45.3 Å². The van der Waals surface area contributed by atoms with Gasteiger partial charge >= 0.3 is 0 Å². The summed E-state index contributed by atoms with van der Waals surface area (Å²) in [6, 6.07) is 0.286. The van der Waals surface area contributed by atoms with Gasteiger partial charge in [-0.25, -0.2) is 0 Å². The number of amides is 1. The second kappa shape index (κ2) is 7.41. The monoisotopic (exact) mass is 348 g/mol. The first-order valence-electron chi connectivity index (χ1n) is 9.64.